The molecular weight excluding hydrogens is 328 g/mol. The Balaban J connectivity index is 1.41. The Hall–Kier alpha value is -0.0400. The van der Waals surface area contributed by atoms with E-state index in [9.17, 15) is 0 Å². The molecule has 1 heteroatoms. The lowest BCUT2D eigenvalue weighted by Gasteiger charge is -2.44. The number of aliphatic hydroxyl groups is 1. The molecular formula is C26H48O. The van der Waals surface area contributed by atoms with Gasteiger partial charge in [0.15, 0.2) is 0 Å². The maximum atomic E-state index is 8.98. The average Bonchev–Trinajstić information content (AvgIpc) is 2.72. The van der Waals surface area contributed by atoms with Crippen LogP contribution in [0.4, 0.5) is 0 Å². The van der Waals surface area contributed by atoms with Gasteiger partial charge in [0, 0.05) is 6.61 Å². The van der Waals surface area contributed by atoms with Gasteiger partial charge in [-0.3, -0.25) is 0 Å². The Morgan fingerprint density at radius 3 is 1.96 bits per heavy atom. The van der Waals surface area contributed by atoms with Gasteiger partial charge in [-0.25, -0.2) is 0 Å². The molecule has 3 rings (SSSR count). The fourth-order valence-electron chi connectivity index (χ4n) is 7.26. The quantitative estimate of drug-likeness (QED) is 0.432. The molecule has 0 radical (unpaired) electrons. The van der Waals surface area contributed by atoms with Crippen molar-refractivity contribution in [3.8, 4) is 0 Å². The second-order valence-corrected chi connectivity index (χ2v) is 10.8. The first-order valence-electron chi connectivity index (χ1n) is 12.8. The van der Waals surface area contributed by atoms with Crippen LogP contribution in [-0.4, -0.2) is 11.7 Å². The van der Waals surface area contributed by atoms with Crippen LogP contribution in [0.5, 0.6) is 0 Å². The van der Waals surface area contributed by atoms with Crippen LogP contribution in [0.1, 0.15) is 117 Å². The summed E-state index contributed by atoms with van der Waals surface area (Å²) in [6.45, 7) is 5.30. The third-order valence-electron chi connectivity index (χ3n) is 9.09. The smallest absolute Gasteiger partial charge is 0.0431 e. The maximum absolute atomic E-state index is 8.98. The molecule has 0 aromatic rings. The van der Waals surface area contributed by atoms with Crippen LogP contribution in [0.25, 0.3) is 0 Å². The molecule has 0 heterocycles. The Kier molecular flexibility index (Phi) is 9.01. The van der Waals surface area contributed by atoms with E-state index in [4.69, 9.17) is 5.11 Å². The molecule has 1 nitrogen and oxygen atoms in total. The largest absolute Gasteiger partial charge is 0.396 e. The van der Waals surface area contributed by atoms with Crippen LogP contribution in [0, 0.1) is 41.4 Å². The van der Waals surface area contributed by atoms with Gasteiger partial charge >= 0.3 is 0 Å². The van der Waals surface area contributed by atoms with E-state index in [1.807, 2.05) is 0 Å². The average molecular weight is 377 g/mol. The van der Waals surface area contributed by atoms with Gasteiger partial charge in [-0.1, -0.05) is 58.8 Å². The maximum Gasteiger partial charge on any atom is 0.0431 e. The zero-order chi connectivity index (χ0) is 19.1. The van der Waals surface area contributed by atoms with Gasteiger partial charge in [0.1, 0.15) is 0 Å². The van der Waals surface area contributed by atoms with Gasteiger partial charge in [-0.2, -0.15) is 0 Å². The lowest BCUT2D eigenvalue weighted by molar-refractivity contribution is 0.0651. The molecule has 0 saturated heterocycles. The summed E-state index contributed by atoms with van der Waals surface area (Å²) in [5, 5.41) is 8.98. The Bertz CT molecular complexity index is 389. The summed E-state index contributed by atoms with van der Waals surface area (Å²) in [5.41, 5.74) is 0. The summed E-state index contributed by atoms with van der Waals surface area (Å²) < 4.78 is 0. The molecule has 0 spiro atoms. The molecule has 3 aliphatic carbocycles. The van der Waals surface area contributed by atoms with E-state index in [-0.39, 0.29) is 0 Å². The molecule has 1 N–H and O–H groups in total. The van der Waals surface area contributed by atoms with Gasteiger partial charge in [-0.05, 0) is 99.2 Å². The van der Waals surface area contributed by atoms with Crippen molar-refractivity contribution in [1.29, 1.82) is 0 Å². The van der Waals surface area contributed by atoms with Crippen LogP contribution in [0.3, 0.4) is 0 Å². The van der Waals surface area contributed by atoms with E-state index in [1.165, 1.54) is 70.6 Å². The van der Waals surface area contributed by atoms with E-state index >= 15 is 0 Å². The molecule has 0 amide bonds. The van der Waals surface area contributed by atoms with E-state index in [2.05, 4.69) is 13.8 Å². The molecule has 0 aromatic heterocycles. The molecule has 0 bridgehead atoms. The molecule has 3 aliphatic rings. The van der Waals surface area contributed by atoms with Gasteiger partial charge in [0.2, 0.25) is 0 Å². The zero-order valence-electron chi connectivity index (χ0n) is 18.5. The highest BCUT2D eigenvalue weighted by Gasteiger charge is 2.37. The first kappa shape index (κ1) is 21.7. The van der Waals surface area contributed by atoms with Crippen LogP contribution in [0.15, 0.2) is 0 Å². The molecule has 158 valence electrons. The summed E-state index contributed by atoms with van der Waals surface area (Å²) in [6, 6.07) is 0. The molecule has 3 unspecified atom stereocenters. The minimum absolute atomic E-state index is 0.382. The lowest BCUT2D eigenvalue weighted by Crippen LogP contribution is -2.34. The van der Waals surface area contributed by atoms with E-state index in [0.29, 0.717) is 6.61 Å². The third kappa shape index (κ3) is 6.22. The van der Waals surface area contributed by atoms with Crippen molar-refractivity contribution in [2.75, 3.05) is 6.61 Å². The number of aliphatic hydroxyl groups excluding tert-OH is 1. The van der Waals surface area contributed by atoms with Crippen molar-refractivity contribution in [1.82, 2.24) is 0 Å². The van der Waals surface area contributed by atoms with Crippen molar-refractivity contribution in [2.45, 2.75) is 117 Å². The second-order valence-electron chi connectivity index (χ2n) is 10.8. The van der Waals surface area contributed by atoms with Crippen LogP contribution in [0.2, 0.25) is 0 Å². The molecule has 0 aromatic carbocycles. The molecule has 0 aliphatic heterocycles. The van der Waals surface area contributed by atoms with Crippen LogP contribution < -0.4 is 0 Å². The standard InChI is InChI=1S/C26H48O/c1-3-22-19-21(7-5-4-6-18-27)10-17-26(22)25-15-13-24(14-16-25)23-11-8-20(2)9-12-23/h20-27H,3-19H2,1-2H3. The highest BCUT2D eigenvalue weighted by Crippen LogP contribution is 2.48. The normalized spacial score (nSPS) is 40.8. The van der Waals surface area contributed by atoms with Crippen molar-refractivity contribution in [3.05, 3.63) is 0 Å². The topological polar surface area (TPSA) is 20.2 Å². The predicted octanol–water partition coefficient (Wildman–Crippen LogP) is 7.61. The Morgan fingerprint density at radius 2 is 1.33 bits per heavy atom. The summed E-state index contributed by atoms with van der Waals surface area (Å²) in [6.07, 6.45) is 23.3. The molecule has 27 heavy (non-hydrogen) atoms. The second kappa shape index (κ2) is 11.2. The molecule has 3 saturated carbocycles. The Labute approximate surface area is 170 Å². The number of unbranched alkanes of at least 4 members (excludes halogenated alkanes) is 2. The van der Waals surface area contributed by atoms with Crippen molar-refractivity contribution >= 4 is 0 Å². The number of hydrogen-bond acceptors (Lipinski definition) is 1. The monoisotopic (exact) mass is 376 g/mol. The first-order valence-corrected chi connectivity index (χ1v) is 12.8. The van der Waals surface area contributed by atoms with Gasteiger partial charge < -0.3 is 5.11 Å². The lowest BCUT2D eigenvalue weighted by atomic mass is 9.61. The Morgan fingerprint density at radius 1 is 0.704 bits per heavy atom. The van der Waals surface area contributed by atoms with Gasteiger partial charge in [0.05, 0.1) is 0 Å². The highest BCUT2D eigenvalue weighted by atomic mass is 16.2. The van der Waals surface area contributed by atoms with Gasteiger partial charge in [-0.15, -0.1) is 0 Å². The van der Waals surface area contributed by atoms with Crippen molar-refractivity contribution in [2.24, 2.45) is 41.4 Å². The first-order chi connectivity index (χ1) is 13.2. The van der Waals surface area contributed by atoms with Crippen molar-refractivity contribution in [3.63, 3.8) is 0 Å². The fraction of sp³-hybridized carbons (Fsp3) is 1.00. The van der Waals surface area contributed by atoms with Crippen LogP contribution in [-0.2, 0) is 0 Å². The molecule has 3 atom stereocenters. The minimum atomic E-state index is 0.382. The van der Waals surface area contributed by atoms with E-state index < -0.39 is 0 Å². The SMILES string of the molecule is CCC1CC(CCCCCO)CCC1C1CCC(C2CCC(C)CC2)CC1. The summed E-state index contributed by atoms with van der Waals surface area (Å²) in [5.74, 6) is 7.28. The fourth-order valence-corrected chi connectivity index (χ4v) is 7.26. The zero-order valence-corrected chi connectivity index (χ0v) is 18.5. The predicted molar refractivity (Wildman–Crippen MR) is 117 cm³/mol. The summed E-state index contributed by atoms with van der Waals surface area (Å²) in [7, 11) is 0. The third-order valence-corrected chi connectivity index (χ3v) is 9.09. The summed E-state index contributed by atoms with van der Waals surface area (Å²) >= 11 is 0. The minimum Gasteiger partial charge on any atom is -0.396 e. The van der Waals surface area contributed by atoms with Crippen molar-refractivity contribution < 1.29 is 5.11 Å². The number of hydrogen-bond donors (Lipinski definition) is 1. The van der Waals surface area contributed by atoms with Crippen LogP contribution >= 0.6 is 0 Å². The molecule has 3 fully saturated rings. The highest BCUT2D eigenvalue weighted by molar-refractivity contribution is 4.88. The summed E-state index contributed by atoms with van der Waals surface area (Å²) in [4.78, 5) is 0. The number of rotatable bonds is 8. The van der Waals surface area contributed by atoms with E-state index in [0.717, 1.165) is 47.8 Å². The van der Waals surface area contributed by atoms with E-state index in [1.54, 1.807) is 25.7 Å². The van der Waals surface area contributed by atoms with Gasteiger partial charge in [0.25, 0.3) is 0 Å².